The van der Waals surface area contributed by atoms with Gasteiger partial charge in [-0.15, -0.1) is 13.2 Å². The molecule has 0 spiro atoms. The van der Waals surface area contributed by atoms with E-state index >= 15 is 0 Å². The lowest BCUT2D eigenvalue weighted by Crippen LogP contribution is -2.33. The predicted molar refractivity (Wildman–Crippen MR) is 116 cm³/mol. The molecule has 0 bridgehead atoms. The number of carbonyl (C=O) groups excluding carboxylic acids is 3. The van der Waals surface area contributed by atoms with Crippen LogP contribution in [0, 0.1) is 0 Å². The van der Waals surface area contributed by atoms with Crippen molar-refractivity contribution in [3.05, 3.63) is 101 Å². The third-order valence-corrected chi connectivity index (χ3v) is 5.09. The first kappa shape index (κ1) is 22.8. The molecule has 1 N–H and O–H groups in total. The third-order valence-electron chi connectivity index (χ3n) is 5.09. The van der Waals surface area contributed by atoms with Gasteiger partial charge in [-0.1, -0.05) is 36.4 Å². The zero-order valence-corrected chi connectivity index (χ0v) is 17.6. The molecule has 1 aliphatic carbocycles. The number of ether oxygens (including phenoxy) is 2. The van der Waals surface area contributed by atoms with Crippen molar-refractivity contribution >= 4 is 23.0 Å². The van der Waals surface area contributed by atoms with Gasteiger partial charge in [-0.3, -0.25) is 14.4 Å². The number of nitrogens with one attached hydrogen (secondary N) is 1. The zero-order valence-electron chi connectivity index (χ0n) is 17.6. The summed E-state index contributed by atoms with van der Waals surface area (Å²) >= 11 is 0. The van der Waals surface area contributed by atoms with E-state index in [9.17, 15) is 27.6 Å². The number of Topliss-reactive ketones (excluding diaryl/α,β-unsaturated/α-hetero) is 2. The largest absolute Gasteiger partial charge is 0.573 e. The molecule has 9 heteroatoms. The average molecular weight is 467 g/mol. The molecule has 0 aromatic heterocycles. The summed E-state index contributed by atoms with van der Waals surface area (Å²) < 4.78 is 46.4. The van der Waals surface area contributed by atoms with Gasteiger partial charge in [0, 0.05) is 16.7 Å². The van der Waals surface area contributed by atoms with Crippen LogP contribution in [0.25, 0.3) is 5.57 Å². The van der Waals surface area contributed by atoms with Gasteiger partial charge in [0.25, 0.3) is 5.91 Å². The number of alkyl halides is 3. The summed E-state index contributed by atoms with van der Waals surface area (Å²) in [5.41, 5.74) is 0.185. The fourth-order valence-electron chi connectivity index (χ4n) is 3.52. The molecule has 3 aromatic carbocycles. The minimum absolute atomic E-state index is 0.110. The molecule has 0 fully saturated rings. The fourth-order valence-corrected chi connectivity index (χ4v) is 3.52. The fraction of sp³-hybridized carbons (Fsp3) is 0.0800. The molecule has 172 valence electrons. The van der Waals surface area contributed by atoms with Gasteiger partial charge < -0.3 is 14.8 Å². The Morgan fingerprint density at radius 3 is 1.91 bits per heavy atom. The van der Waals surface area contributed by atoms with Crippen molar-refractivity contribution in [2.24, 2.45) is 0 Å². The molecule has 0 saturated heterocycles. The minimum Gasteiger partial charge on any atom is -0.497 e. The molecule has 1 aliphatic rings. The summed E-state index contributed by atoms with van der Waals surface area (Å²) in [7, 11) is 1.47. The van der Waals surface area contributed by atoms with Crippen molar-refractivity contribution in [2.45, 2.75) is 6.36 Å². The summed E-state index contributed by atoms with van der Waals surface area (Å²) in [6, 6.07) is 16.7. The van der Waals surface area contributed by atoms with Gasteiger partial charge in [0.05, 0.1) is 12.7 Å². The molecular weight excluding hydrogens is 451 g/mol. The van der Waals surface area contributed by atoms with Crippen molar-refractivity contribution in [2.75, 3.05) is 7.11 Å². The number of rotatable bonds is 5. The Bertz CT molecular complexity index is 1310. The van der Waals surface area contributed by atoms with Crippen molar-refractivity contribution in [3.63, 3.8) is 0 Å². The summed E-state index contributed by atoms with van der Waals surface area (Å²) in [6.07, 6.45) is -4.88. The molecule has 0 saturated carbocycles. The second-order valence-electron chi connectivity index (χ2n) is 7.21. The number of hydrogen-bond donors (Lipinski definition) is 1. The van der Waals surface area contributed by atoms with Gasteiger partial charge in [-0.25, -0.2) is 0 Å². The van der Waals surface area contributed by atoms with Crippen molar-refractivity contribution in [1.29, 1.82) is 0 Å². The summed E-state index contributed by atoms with van der Waals surface area (Å²) in [4.78, 5) is 39.4. The van der Waals surface area contributed by atoms with Gasteiger partial charge >= 0.3 is 6.36 Å². The highest BCUT2D eigenvalue weighted by atomic mass is 19.4. The number of amides is 1. The molecule has 6 nitrogen and oxygen atoms in total. The van der Waals surface area contributed by atoms with E-state index in [-0.39, 0.29) is 33.5 Å². The van der Waals surface area contributed by atoms with E-state index in [2.05, 4.69) is 10.1 Å². The maximum absolute atomic E-state index is 13.3. The molecule has 3 aromatic rings. The highest BCUT2D eigenvalue weighted by molar-refractivity contribution is 6.41. The van der Waals surface area contributed by atoms with Crippen LogP contribution in [0.1, 0.15) is 36.6 Å². The van der Waals surface area contributed by atoms with E-state index in [1.807, 2.05) is 0 Å². The first-order valence-corrected chi connectivity index (χ1v) is 9.92. The number of halogens is 3. The lowest BCUT2D eigenvalue weighted by molar-refractivity contribution is -0.274. The van der Waals surface area contributed by atoms with Crippen molar-refractivity contribution in [3.8, 4) is 11.5 Å². The van der Waals surface area contributed by atoms with E-state index in [0.717, 1.165) is 12.1 Å². The van der Waals surface area contributed by atoms with Gasteiger partial charge in [-0.05, 0) is 42.0 Å². The summed E-state index contributed by atoms with van der Waals surface area (Å²) in [6.45, 7) is 0. The zero-order chi connectivity index (χ0) is 24.5. The second-order valence-corrected chi connectivity index (χ2v) is 7.21. The highest BCUT2D eigenvalue weighted by Crippen LogP contribution is 2.33. The van der Waals surface area contributed by atoms with Gasteiger partial charge in [0.1, 0.15) is 17.2 Å². The number of carbonyl (C=O) groups is 3. The smallest absolute Gasteiger partial charge is 0.497 e. The first-order chi connectivity index (χ1) is 16.2. The maximum Gasteiger partial charge on any atom is 0.573 e. The van der Waals surface area contributed by atoms with Crippen LogP contribution in [0.2, 0.25) is 0 Å². The van der Waals surface area contributed by atoms with Crippen LogP contribution in [-0.2, 0) is 0 Å². The molecule has 34 heavy (non-hydrogen) atoms. The maximum atomic E-state index is 13.3. The van der Waals surface area contributed by atoms with Gasteiger partial charge in [0.15, 0.2) is 5.78 Å². The Balaban J connectivity index is 1.77. The third kappa shape index (κ3) is 4.54. The van der Waals surface area contributed by atoms with Gasteiger partial charge in [-0.2, -0.15) is 0 Å². The normalized spacial score (nSPS) is 13.4. The van der Waals surface area contributed by atoms with Crippen LogP contribution >= 0.6 is 0 Å². The monoisotopic (exact) mass is 467 g/mol. The first-order valence-electron chi connectivity index (χ1n) is 9.92. The van der Waals surface area contributed by atoms with Crippen LogP contribution in [0.4, 0.5) is 13.2 Å². The summed E-state index contributed by atoms with van der Waals surface area (Å²) in [5.74, 6) is -1.76. The number of methoxy groups -OCH3 is 1. The molecule has 0 heterocycles. The molecule has 4 rings (SSSR count). The molecular formula is C25H16F3NO5. The van der Waals surface area contributed by atoms with E-state index in [1.54, 1.807) is 24.3 Å². The van der Waals surface area contributed by atoms with E-state index < -0.39 is 29.6 Å². The minimum atomic E-state index is -4.88. The van der Waals surface area contributed by atoms with Crippen molar-refractivity contribution in [1.82, 2.24) is 5.32 Å². The molecule has 0 radical (unpaired) electrons. The molecule has 0 aliphatic heterocycles. The van der Waals surface area contributed by atoms with Crippen LogP contribution in [0.5, 0.6) is 11.5 Å². The van der Waals surface area contributed by atoms with E-state index in [4.69, 9.17) is 4.74 Å². The lowest BCUT2D eigenvalue weighted by atomic mass is 9.84. The van der Waals surface area contributed by atoms with Crippen molar-refractivity contribution < 1.29 is 37.0 Å². The standard InChI is InChI=1S/C25H16F3NO5/c1-33-16-10-8-15(9-11-16)24(32)29-21-20(14-6-12-17(13-7-14)34-25(26,27)28)22(30)18-4-2-3-5-19(18)23(21)31/h2-13H,1H3,(H,29,32). The SMILES string of the molecule is COc1ccc(C(=O)NC2=C(c3ccc(OC(F)(F)F)cc3)C(=O)c3ccccc3C2=O)cc1. The van der Waals surface area contributed by atoms with Crippen LogP contribution in [0.15, 0.2) is 78.5 Å². The van der Waals surface area contributed by atoms with E-state index in [0.29, 0.717) is 5.75 Å². The van der Waals surface area contributed by atoms with E-state index in [1.165, 1.54) is 43.5 Å². The molecule has 1 amide bonds. The number of hydrogen-bond acceptors (Lipinski definition) is 5. The lowest BCUT2D eigenvalue weighted by Gasteiger charge is -2.22. The van der Waals surface area contributed by atoms with Crippen LogP contribution in [0.3, 0.4) is 0 Å². The predicted octanol–water partition coefficient (Wildman–Crippen LogP) is 4.81. The Kier molecular flexibility index (Phi) is 5.93. The number of allylic oxidation sites excluding steroid dienone is 2. The number of benzene rings is 3. The Morgan fingerprint density at radius 1 is 0.794 bits per heavy atom. The Morgan fingerprint density at radius 2 is 1.35 bits per heavy atom. The Hall–Kier alpha value is -4.40. The highest BCUT2D eigenvalue weighted by Gasteiger charge is 2.34. The number of ketones is 2. The summed E-state index contributed by atoms with van der Waals surface area (Å²) in [5, 5.41) is 2.51. The van der Waals surface area contributed by atoms with Crippen LogP contribution in [-0.4, -0.2) is 30.9 Å². The Labute approximate surface area is 191 Å². The second kappa shape index (κ2) is 8.86. The van der Waals surface area contributed by atoms with Crippen LogP contribution < -0.4 is 14.8 Å². The number of fused-ring (bicyclic) bond motifs is 1. The average Bonchev–Trinajstić information content (AvgIpc) is 2.82. The topological polar surface area (TPSA) is 81.7 Å². The molecule has 0 atom stereocenters. The molecule has 0 unspecified atom stereocenters. The quantitative estimate of drug-likeness (QED) is 0.582. The van der Waals surface area contributed by atoms with Gasteiger partial charge in [0.2, 0.25) is 5.78 Å².